The van der Waals surface area contributed by atoms with Gasteiger partial charge in [-0.05, 0) is 5.92 Å². The number of amides is 1. The first-order valence-corrected chi connectivity index (χ1v) is 6.63. The molecule has 0 spiro atoms. The van der Waals surface area contributed by atoms with Gasteiger partial charge in [-0.1, -0.05) is 25.5 Å². The zero-order chi connectivity index (χ0) is 14.9. The number of rotatable bonds is 5. The quantitative estimate of drug-likeness (QED) is 0.768. The summed E-state index contributed by atoms with van der Waals surface area (Å²) in [5, 5.41) is 16.1. The summed E-state index contributed by atoms with van der Waals surface area (Å²) in [5.74, 6) is -1.02. The second-order valence-corrected chi connectivity index (χ2v) is 5.20. The Morgan fingerprint density at radius 3 is 2.70 bits per heavy atom. The van der Waals surface area contributed by atoms with Gasteiger partial charge in [-0.25, -0.2) is 9.48 Å². The van der Waals surface area contributed by atoms with E-state index in [1.54, 1.807) is 4.90 Å². The average Bonchev–Trinajstić information content (AvgIpc) is 2.84. The van der Waals surface area contributed by atoms with Gasteiger partial charge in [0.15, 0.2) is 5.69 Å². The highest BCUT2D eigenvalue weighted by molar-refractivity contribution is 5.84. The minimum absolute atomic E-state index is 0.0244. The van der Waals surface area contributed by atoms with E-state index in [-0.39, 0.29) is 23.6 Å². The highest BCUT2D eigenvalue weighted by atomic mass is 16.4. The van der Waals surface area contributed by atoms with Crippen molar-refractivity contribution >= 4 is 11.9 Å². The molecule has 0 saturated carbocycles. The van der Waals surface area contributed by atoms with Gasteiger partial charge in [0.25, 0.3) is 0 Å². The Morgan fingerprint density at radius 1 is 1.55 bits per heavy atom. The summed E-state index contributed by atoms with van der Waals surface area (Å²) in [4.78, 5) is 24.5. The van der Waals surface area contributed by atoms with Crippen LogP contribution in [0.5, 0.6) is 0 Å². The van der Waals surface area contributed by atoms with Gasteiger partial charge in [-0.3, -0.25) is 4.79 Å². The number of carbonyl (C=O) groups is 2. The van der Waals surface area contributed by atoms with Gasteiger partial charge < -0.3 is 15.7 Å². The maximum absolute atomic E-state index is 12.1. The summed E-state index contributed by atoms with van der Waals surface area (Å²) in [7, 11) is 0. The highest BCUT2D eigenvalue weighted by Gasteiger charge is 2.36. The summed E-state index contributed by atoms with van der Waals surface area (Å²) >= 11 is 0. The normalized spacial score (nSPS) is 18.4. The van der Waals surface area contributed by atoms with Gasteiger partial charge in [0.1, 0.15) is 0 Å². The number of carboxylic acids is 1. The first kappa shape index (κ1) is 14.4. The van der Waals surface area contributed by atoms with Gasteiger partial charge in [0, 0.05) is 13.1 Å². The van der Waals surface area contributed by atoms with Crippen molar-refractivity contribution in [1.82, 2.24) is 19.9 Å². The lowest BCUT2D eigenvalue weighted by Gasteiger charge is -2.40. The average molecular weight is 281 g/mol. The molecular weight excluding hydrogens is 262 g/mol. The summed E-state index contributed by atoms with van der Waals surface area (Å²) in [6.07, 6.45) is 2.23. The Hall–Kier alpha value is -1.96. The SMILES string of the molecule is CCC(C)[C@H](N)C(=O)N1CC(n2cc(C(=O)O)nn2)C1. The lowest BCUT2D eigenvalue weighted by atomic mass is 9.97. The Kier molecular flexibility index (Phi) is 4.03. The van der Waals surface area contributed by atoms with Crippen LogP contribution < -0.4 is 5.73 Å². The standard InChI is InChI=1S/C12H19N5O3/c1-3-7(2)10(13)11(18)16-4-8(5-16)17-6-9(12(19)20)14-15-17/h6-8,10H,3-5,13H2,1-2H3,(H,19,20)/t7?,10-/m0/s1. The molecule has 8 heteroatoms. The minimum atomic E-state index is -1.11. The maximum Gasteiger partial charge on any atom is 0.358 e. The van der Waals surface area contributed by atoms with Crippen molar-refractivity contribution in [3.8, 4) is 0 Å². The number of nitrogens with zero attached hydrogens (tertiary/aromatic N) is 4. The lowest BCUT2D eigenvalue weighted by Crippen LogP contribution is -2.57. The van der Waals surface area contributed by atoms with E-state index >= 15 is 0 Å². The molecule has 1 aliphatic heterocycles. The second kappa shape index (κ2) is 5.58. The predicted molar refractivity (Wildman–Crippen MR) is 70.0 cm³/mol. The van der Waals surface area contributed by atoms with E-state index in [4.69, 9.17) is 10.8 Å². The second-order valence-electron chi connectivity index (χ2n) is 5.20. The van der Waals surface area contributed by atoms with Crippen LogP contribution in [-0.4, -0.2) is 56.0 Å². The summed E-state index contributed by atoms with van der Waals surface area (Å²) in [6.45, 7) is 4.94. The van der Waals surface area contributed by atoms with Crippen LogP contribution >= 0.6 is 0 Å². The molecule has 1 aromatic heterocycles. The number of likely N-dealkylation sites (tertiary alicyclic amines) is 1. The summed E-state index contributed by atoms with van der Waals surface area (Å²) in [5.41, 5.74) is 5.81. The molecule has 1 unspecified atom stereocenters. The molecule has 8 nitrogen and oxygen atoms in total. The lowest BCUT2D eigenvalue weighted by molar-refractivity contribution is -0.139. The Balaban J connectivity index is 1.90. The molecule has 2 rings (SSSR count). The van der Waals surface area contributed by atoms with Crippen LogP contribution in [-0.2, 0) is 4.79 Å². The smallest absolute Gasteiger partial charge is 0.358 e. The molecule has 1 aliphatic rings. The van der Waals surface area contributed by atoms with Crippen molar-refractivity contribution in [1.29, 1.82) is 0 Å². The minimum Gasteiger partial charge on any atom is -0.476 e. The molecule has 3 N–H and O–H groups in total. The van der Waals surface area contributed by atoms with Crippen molar-refractivity contribution in [2.45, 2.75) is 32.4 Å². The van der Waals surface area contributed by atoms with Gasteiger partial charge in [-0.2, -0.15) is 0 Å². The van der Waals surface area contributed by atoms with Crippen molar-refractivity contribution < 1.29 is 14.7 Å². The van der Waals surface area contributed by atoms with Crippen molar-refractivity contribution in [2.75, 3.05) is 13.1 Å². The number of nitrogens with two attached hydrogens (primary N) is 1. The third-order valence-electron chi connectivity index (χ3n) is 3.82. The largest absolute Gasteiger partial charge is 0.476 e. The van der Waals surface area contributed by atoms with Gasteiger partial charge >= 0.3 is 5.97 Å². The van der Waals surface area contributed by atoms with E-state index in [2.05, 4.69) is 10.3 Å². The fraction of sp³-hybridized carbons (Fsp3) is 0.667. The van der Waals surface area contributed by atoms with E-state index in [9.17, 15) is 9.59 Å². The van der Waals surface area contributed by atoms with Crippen LogP contribution in [0.2, 0.25) is 0 Å². The molecule has 20 heavy (non-hydrogen) atoms. The molecule has 1 saturated heterocycles. The zero-order valence-corrected chi connectivity index (χ0v) is 11.6. The Bertz CT molecular complexity index is 509. The van der Waals surface area contributed by atoms with E-state index in [0.717, 1.165) is 6.42 Å². The van der Waals surface area contributed by atoms with E-state index in [1.165, 1.54) is 10.9 Å². The third kappa shape index (κ3) is 2.64. The van der Waals surface area contributed by atoms with Crippen LogP contribution in [0.3, 0.4) is 0 Å². The van der Waals surface area contributed by atoms with E-state index in [1.807, 2.05) is 13.8 Å². The number of aromatic nitrogens is 3. The monoisotopic (exact) mass is 281 g/mol. The fourth-order valence-electron chi connectivity index (χ4n) is 2.06. The molecule has 1 fully saturated rings. The zero-order valence-electron chi connectivity index (χ0n) is 11.6. The van der Waals surface area contributed by atoms with Crippen LogP contribution in [0.15, 0.2) is 6.20 Å². The number of carbonyl (C=O) groups excluding carboxylic acids is 1. The van der Waals surface area contributed by atoms with Gasteiger partial charge in [0.05, 0.1) is 18.3 Å². The van der Waals surface area contributed by atoms with Crippen molar-refractivity contribution in [2.24, 2.45) is 11.7 Å². The van der Waals surface area contributed by atoms with E-state index in [0.29, 0.717) is 13.1 Å². The van der Waals surface area contributed by atoms with Crippen molar-refractivity contribution in [3.63, 3.8) is 0 Å². The highest BCUT2D eigenvalue weighted by Crippen LogP contribution is 2.22. The molecule has 0 aromatic carbocycles. The molecule has 110 valence electrons. The molecular formula is C12H19N5O3. The predicted octanol–water partition coefficient (Wildman–Crippen LogP) is -0.267. The van der Waals surface area contributed by atoms with Gasteiger partial charge in [-0.15, -0.1) is 5.10 Å². The van der Waals surface area contributed by atoms with Crippen LogP contribution in [0.4, 0.5) is 0 Å². The third-order valence-corrected chi connectivity index (χ3v) is 3.82. The van der Waals surface area contributed by atoms with Crippen LogP contribution in [0.25, 0.3) is 0 Å². The molecule has 1 aromatic rings. The molecule has 2 atom stereocenters. The van der Waals surface area contributed by atoms with Gasteiger partial charge in [0.2, 0.25) is 5.91 Å². The molecule has 0 bridgehead atoms. The molecule has 0 radical (unpaired) electrons. The van der Waals surface area contributed by atoms with Crippen LogP contribution in [0, 0.1) is 5.92 Å². The first-order chi connectivity index (χ1) is 9.43. The molecule has 2 heterocycles. The first-order valence-electron chi connectivity index (χ1n) is 6.63. The Morgan fingerprint density at radius 2 is 2.20 bits per heavy atom. The summed E-state index contributed by atoms with van der Waals surface area (Å²) in [6, 6.07) is -0.505. The Labute approximate surface area is 116 Å². The number of aromatic carboxylic acids is 1. The summed E-state index contributed by atoms with van der Waals surface area (Å²) < 4.78 is 1.49. The topological polar surface area (TPSA) is 114 Å². The number of hydrogen-bond acceptors (Lipinski definition) is 5. The molecule has 0 aliphatic carbocycles. The maximum atomic E-state index is 12.1. The van der Waals surface area contributed by atoms with Crippen LogP contribution in [0.1, 0.15) is 36.8 Å². The fourth-order valence-corrected chi connectivity index (χ4v) is 2.06. The van der Waals surface area contributed by atoms with Crippen molar-refractivity contribution in [3.05, 3.63) is 11.9 Å². The molecule has 1 amide bonds. The van der Waals surface area contributed by atoms with E-state index < -0.39 is 12.0 Å². The number of hydrogen-bond donors (Lipinski definition) is 2. The number of carboxylic acid groups (broad SMARTS) is 1.